The van der Waals surface area contributed by atoms with E-state index in [0.717, 1.165) is 88.7 Å². The predicted octanol–water partition coefficient (Wildman–Crippen LogP) is 8.84. The summed E-state index contributed by atoms with van der Waals surface area (Å²) in [7, 11) is 5.11. The first-order valence-electron chi connectivity index (χ1n) is 19.9. The van der Waals surface area contributed by atoms with Crippen LogP contribution in [0.4, 0.5) is 11.4 Å². The molecule has 7 aromatic rings. The third kappa shape index (κ3) is 7.58. The standard InChI is InChI=1S/C46H43N10O4/c1-54-26-35(24-50-54)53-39-18-45(43(57-2)16-33(39)21-48)59-41-8-5-7-32-15-30(11-13-38(32)41)22-49-28-55-27-36(25-51-55)56-40-19-46(44(58-3)17-34(40)23-52-56)60-42-9-4-6-31-14-29(20-47)10-12-37(31)42/h10-19,21,23-27,41-42,48,53H,4-9,28H2,1-3H3/q+1/t41-,42+/m0/s1. The van der Waals surface area contributed by atoms with Gasteiger partial charge in [0.15, 0.2) is 23.0 Å². The highest BCUT2D eigenvalue weighted by molar-refractivity contribution is 5.89. The molecule has 0 spiro atoms. The van der Waals surface area contributed by atoms with Gasteiger partial charge in [-0.15, -0.1) is 0 Å². The van der Waals surface area contributed by atoms with Gasteiger partial charge in [0, 0.05) is 42.5 Å². The molecule has 2 atom stereocenters. The second-order valence-electron chi connectivity index (χ2n) is 15.0. The monoisotopic (exact) mass is 799 g/mol. The van der Waals surface area contributed by atoms with Crippen molar-refractivity contribution in [3.8, 4) is 40.8 Å². The number of ether oxygens (including phenoxy) is 4. The van der Waals surface area contributed by atoms with Crippen molar-refractivity contribution in [2.24, 2.45) is 7.05 Å². The molecule has 2 aliphatic rings. The summed E-state index contributed by atoms with van der Waals surface area (Å²) >= 11 is 0. The van der Waals surface area contributed by atoms with E-state index in [1.54, 1.807) is 42.2 Å². The van der Waals surface area contributed by atoms with E-state index >= 15 is 0 Å². The van der Waals surface area contributed by atoms with Crippen LogP contribution in [0.5, 0.6) is 23.0 Å². The molecule has 0 amide bonds. The highest BCUT2D eigenvalue weighted by Crippen LogP contribution is 2.42. The molecule has 0 saturated carbocycles. The Kier molecular flexibility index (Phi) is 10.3. The Balaban J connectivity index is 0.898. The lowest BCUT2D eigenvalue weighted by Crippen LogP contribution is -2.16. The molecule has 0 aliphatic heterocycles. The zero-order valence-corrected chi connectivity index (χ0v) is 33.6. The fraction of sp³-hybridized carbons (Fsp3) is 0.261. The first-order valence-corrected chi connectivity index (χ1v) is 19.9. The number of hydrogen-bond donors (Lipinski definition) is 2. The van der Waals surface area contributed by atoms with Gasteiger partial charge in [0.1, 0.15) is 23.5 Å². The molecular weight excluding hydrogens is 757 g/mol. The fourth-order valence-corrected chi connectivity index (χ4v) is 8.16. The van der Waals surface area contributed by atoms with Crippen LogP contribution in [0.25, 0.3) is 21.4 Å². The van der Waals surface area contributed by atoms with E-state index in [1.165, 1.54) is 11.8 Å². The smallest absolute Gasteiger partial charge is 0.357 e. The first-order chi connectivity index (χ1) is 29.4. The number of nitriles is 1. The Bertz CT molecular complexity index is 2860. The van der Waals surface area contributed by atoms with Crippen molar-refractivity contribution in [1.82, 2.24) is 29.3 Å². The second kappa shape index (κ2) is 16.3. The third-order valence-corrected chi connectivity index (χ3v) is 11.1. The Morgan fingerprint density at radius 2 is 1.52 bits per heavy atom. The van der Waals surface area contributed by atoms with Gasteiger partial charge in [-0.3, -0.25) is 4.68 Å². The number of nitrogens with zero attached hydrogens (tertiary/aromatic N) is 8. The van der Waals surface area contributed by atoms with Gasteiger partial charge in [-0.25, -0.2) is 4.68 Å². The number of methoxy groups -OCH3 is 2. The number of hydrogen-bond acceptors (Lipinski definition) is 10. The largest absolute Gasteiger partial charge is 0.493 e. The number of nitrogens with one attached hydrogen (secondary N) is 2. The topological polar surface area (TPSA) is 154 Å². The lowest BCUT2D eigenvalue weighted by molar-refractivity contribution is 0.176. The van der Waals surface area contributed by atoms with Crippen LogP contribution in [-0.4, -0.2) is 49.8 Å². The molecule has 0 fully saturated rings. The van der Waals surface area contributed by atoms with Gasteiger partial charge < -0.3 is 29.7 Å². The molecular formula is C46H43N10O4+. The number of aromatic nitrogens is 6. The van der Waals surface area contributed by atoms with Crippen LogP contribution in [0.15, 0.2) is 91.6 Å². The number of benzene rings is 4. The van der Waals surface area contributed by atoms with Crippen LogP contribution in [0.2, 0.25) is 0 Å². The van der Waals surface area contributed by atoms with Gasteiger partial charge in [-0.2, -0.15) is 25.2 Å². The van der Waals surface area contributed by atoms with Gasteiger partial charge >= 0.3 is 12.7 Å². The summed E-state index contributed by atoms with van der Waals surface area (Å²) in [6.45, 7) is 0.278. The van der Waals surface area contributed by atoms with Gasteiger partial charge in [-0.1, -0.05) is 17.0 Å². The average Bonchev–Trinajstić information content (AvgIpc) is 4.03. The quantitative estimate of drug-likeness (QED) is 0.122. The molecule has 4 aromatic carbocycles. The molecule has 60 heavy (non-hydrogen) atoms. The van der Waals surface area contributed by atoms with Gasteiger partial charge in [0.05, 0.1) is 67.5 Å². The molecule has 3 heterocycles. The first kappa shape index (κ1) is 38.0. The van der Waals surface area contributed by atoms with Crippen molar-refractivity contribution >= 4 is 28.5 Å². The lowest BCUT2D eigenvalue weighted by atomic mass is 9.88. The average molecular weight is 800 g/mol. The summed E-state index contributed by atoms with van der Waals surface area (Å²) in [4.78, 5) is 4.61. The number of anilines is 2. The van der Waals surface area contributed by atoms with Crippen LogP contribution < -0.4 is 24.3 Å². The van der Waals surface area contributed by atoms with Crippen molar-refractivity contribution in [3.05, 3.63) is 135 Å². The molecule has 14 nitrogen and oxygen atoms in total. The molecule has 0 saturated heterocycles. The maximum Gasteiger partial charge on any atom is 0.357 e. The number of fused-ring (bicyclic) bond motifs is 3. The van der Waals surface area contributed by atoms with Crippen LogP contribution in [-0.2, 0) is 26.6 Å². The third-order valence-electron chi connectivity index (χ3n) is 11.1. The molecule has 0 bridgehead atoms. The molecule has 14 heteroatoms. The molecule has 0 unspecified atom stereocenters. The molecule has 2 N–H and O–H groups in total. The highest BCUT2D eigenvalue weighted by Gasteiger charge is 2.26. The summed E-state index contributed by atoms with van der Waals surface area (Å²) in [5, 5.41) is 35.1. The van der Waals surface area contributed by atoms with Crippen LogP contribution in [0.1, 0.15) is 76.8 Å². The van der Waals surface area contributed by atoms with Crippen LogP contribution >= 0.6 is 0 Å². The molecule has 0 radical (unpaired) electrons. The fourth-order valence-electron chi connectivity index (χ4n) is 8.16. The number of rotatable bonds is 11. The van der Waals surface area contributed by atoms with E-state index in [1.807, 2.05) is 72.7 Å². The summed E-state index contributed by atoms with van der Waals surface area (Å²) < 4.78 is 30.0. The maximum atomic E-state index is 9.40. The van der Waals surface area contributed by atoms with E-state index in [-0.39, 0.29) is 18.9 Å². The second-order valence-corrected chi connectivity index (χ2v) is 15.0. The van der Waals surface area contributed by atoms with E-state index in [2.05, 4.69) is 49.7 Å². The van der Waals surface area contributed by atoms with Crippen molar-refractivity contribution in [2.75, 3.05) is 19.5 Å². The van der Waals surface area contributed by atoms with E-state index in [9.17, 15) is 5.26 Å². The highest BCUT2D eigenvalue weighted by atomic mass is 16.5. The zero-order valence-electron chi connectivity index (χ0n) is 33.6. The minimum absolute atomic E-state index is 0.151. The molecule has 9 rings (SSSR count). The van der Waals surface area contributed by atoms with E-state index in [4.69, 9.17) is 24.4 Å². The zero-order chi connectivity index (χ0) is 41.2. The maximum absolute atomic E-state index is 9.40. The summed E-state index contributed by atoms with van der Waals surface area (Å²) in [5.41, 5.74) is 9.98. The van der Waals surface area contributed by atoms with Crippen LogP contribution in [0.3, 0.4) is 0 Å². The van der Waals surface area contributed by atoms with Crippen molar-refractivity contribution in [2.45, 2.75) is 57.4 Å². The molecule has 2 aliphatic carbocycles. The van der Waals surface area contributed by atoms with E-state index < -0.39 is 0 Å². The van der Waals surface area contributed by atoms with E-state index in [0.29, 0.717) is 34.1 Å². The van der Waals surface area contributed by atoms with Gasteiger partial charge in [0.25, 0.3) is 0 Å². The Labute approximate surface area is 346 Å². The van der Waals surface area contributed by atoms with Crippen molar-refractivity contribution < 1.29 is 18.9 Å². The normalized spacial score (nSPS) is 15.5. The lowest BCUT2D eigenvalue weighted by Gasteiger charge is -2.27. The Morgan fingerprint density at radius 3 is 2.20 bits per heavy atom. The minimum Gasteiger partial charge on any atom is -0.493 e. The summed E-state index contributed by atoms with van der Waals surface area (Å²) in [6, 6.07) is 25.2. The van der Waals surface area contributed by atoms with Crippen LogP contribution in [0, 0.1) is 22.8 Å². The molecule has 300 valence electrons. The van der Waals surface area contributed by atoms with Crippen molar-refractivity contribution in [1.29, 1.82) is 10.7 Å². The summed E-state index contributed by atoms with van der Waals surface area (Å²) in [5.74, 6) is 2.42. The van der Waals surface area contributed by atoms with Gasteiger partial charge in [0.2, 0.25) is 0 Å². The number of aryl methyl sites for hydroxylation is 3. The predicted molar refractivity (Wildman–Crippen MR) is 227 cm³/mol. The SMILES string of the molecule is COc1cc(C=N)c(Nc2cnn(C)c2)cc1O[C@H]1CCCc2cc(C#[N+]Cn3cc(-n4ncc5cc(OC)c(O[C@@H]6CCCc7cc(C#N)ccc76)cc54)cn3)ccc21. The Hall–Kier alpha value is -7.58. The summed E-state index contributed by atoms with van der Waals surface area (Å²) in [6.07, 6.45) is 15.6. The Morgan fingerprint density at radius 1 is 0.817 bits per heavy atom. The minimum atomic E-state index is -0.169. The van der Waals surface area contributed by atoms with Gasteiger partial charge in [-0.05, 0) is 97.2 Å². The molecule has 3 aromatic heterocycles. The van der Waals surface area contributed by atoms with Crippen molar-refractivity contribution in [3.63, 3.8) is 0 Å².